The van der Waals surface area contributed by atoms with Crippen molar-refractivity contribution >= 4 is 11.7 Å². The third-order valence-electron chi connectivity index (χ3n) is 2.56. The lowest BCUT2D eigenvalue weighted by Gasteiger charge is -2.11. The summed E-state index contributed by atoms with van der Waals surface area (Å²) in [6.45, 7) is 8.14. The number of ether oxygens (including phenoxy) is 1. The zero-order chi connectivity index (χ0) is 12.8. The average molecular weight is 233 g/mol. The number of benzene rings is 1. The van der Waals surface area contributed by atoms with E-state index < -0.39 is 0 Å². The Morgan fingerprint density at radius 1 is 1.41 bits per heavy atom. The minimum atomic E-state index is -0.317. The van der Waals surface area contributed by atoms with Gasteiger partial charge >= 0.3 is 5.97 Å². The van der Waals surface area contributed by atoms with Crippen LogP contribution >= 0.6 is 0 Å². The Hall–Kier alpha value is -1.77. The first-order valence-electron chi connectivity index (χ1n) is 5.73. The maximum atomic E-state index is 11.3. The van der Waals surface area contributed by atoms with Gasteiger partial charge in [0.05, 0.1) is 6.61 Å². The van der Waals surface area contributed by atoms with Crippen LogP contribution in [0.2, 0.25) is 0 Å². The highest BCUT2D eigenvalue weighted by Gasteiger charge is 2.02. The van der Waals surface area contributed by atoms with Crippen molar-refractivity contribution in [3.05, 3.63) is 41.1 Å². The van der Waals surface area contributed by atoms with Crippen molar-refractivity contribution in [2.24, 2.45) is 0 Å². The van der Waals surface area contributed by atoms with Crippen LogP contribution < -0.4 is 5.32 Å². The summed E-state index contributed by atoms with van der Waals surface area (Å²) in [4.78, 5) is 11.3. The highest BCUT2D eigenvalue weighted by Crippen LogP contribution is 2.19. The molecule has 0 fully saturated rings. The Bertz CT molecular complexity index is 436. The molecule has 0 spiro atoms. The maximum absolute atomic E-state index is 11.3. The van der Waals surface area contributed by atoms with Crippen LogP contribution in [0.25, 0.3) is 0 Å². The standard InChI is InChI=1S/C14H19NO2/c1-5-17-14(16)9-11(3)15-13-8-6-7-10(2)12(13)4/h6-9,15H,5H2,1-4H3/b11-9-. The molecule has 0 heterocycles. The number of hydrogen-bond donors (Lipinski definition) is 1. The smallest absolute Gasteiger partial charge is 0.332 e. The third-order valence-corrected chi connectivity index (χ3v) is 2.56. The number of carbonyl (C=O) groups is 1. The van der Waals surface area contributed by atoms with E-state index in [-0.39, 0.29) is 5.97 Å². The molecule has 1 aromatic carbocycles. The second-order valence-electron chi connectivity index (χ2n) is 3.95. The fraction of sp³-hybridized carbons (Fsp3) is 0.357. The molecular weight excluding hydrogens is 214 g/mol. The van der Waals surface area contributed by atoms with Crippen molar-refractivity contribution in [2.45, 2.75) is 27.7 Å². The predicted octanol–water partition coefficient (Wildman–Crippen LogP) is 3.18. The van der Waals surface area contributed by atoms with E-state index in [1.54, 1.807) is 6.92 Å². The molecule has 0 atom stereocenters. The van der Waals surface area contributed by atoms with Crippen LogP contribution in [-0.2, 0) is 9.53 Å². The van der Waals surface area contributed by atoms with Gasteiger partial charge in [-0.05, 0) is 44.9 Å². The number of anilines is 1. The van der Waals surface area contributed by atoms with E-state index in [0.717, 1.165) is 11.4 Å². The van der Waals surface area contributed by atoms with Crippen LogP contribution in [0, 0.1) is 13.8 Å². The lowest BCUT2D eigenvalue weighted by atomic mass is 10.1. The fourth-order valence-corrected chi connectivity index (χ4v) is 1.50. The van der Waals surface area contributed by atoms with Crippen LogP contribution in [0.4, 0.5) is 5.69 Å². The number of nitrogens with one attached hydrogen (secondary N) is 1. The predicted molar refractivity (Wildman–Crippen MR) is 69.9 cm³/mol. The Labute approximate surface area is 102 Å². The van der Waals surface area contributed by atoms with Crippen LogP contribution in [0.1, 0.15) is 25.0 Å². The monoisotopic (exact) mass is 233 g/mol. The lowest BCUT2D eigenvalue weighted by molar-refractivity contribution is -0.137. The maximum Gasteiger partial charge on any atom is 0.332 e. The van der Waals surface area contributed by atoms with E-state index in [1.165, 1.54) is 17.2 Å². The normalized spacial score (nSPS) is 11.2. The molecule has 0 saturated carbocycles. The van der Waals surface area contributed by atoms with Gasteiger partial charge in [0.25, 0.3) is 0 Å². The molecular formula is C14H19NO2. The number of hydrogen-bond acceptors (Lipinski definition) is 3. The summed E-state index contributed by atoms with van der Waals surface area (Å²) in [6, 6.07) is 6.04. The molecule has 3 nitrogen and oxygen atoms in total. The Morgan fingerprint density at radius 2 is 2.12 bits per heavy atom. The van der Waals surface area contributed by atoms with Gasteiger partial charge in [0.1, 0.15) is 0 Å². The van der Waals surface area contributed by atoms with E-state index >= 15 is 0 Å². The van der Waals surface area contributed by atoms with Crippen LogP contribution in [0.15, 0.2) is 30.0 Å². The zero-order valence-corrected chi connectivity index (χ0v) is 10.8. The molecule has 1 N–H and O–H groups in total. The van der Waals surface area contributed by atoms with Crippen molar-refractivity contribution in [1.82, 2.24) is 0 Å². The first-order chi connectivity index (χ1) is 8.04. The summed E-state index contributed by atoms with van der Waals surface area (Å²) < 4.78 is 4.85. The first-order valence-corrected chi connectivity index (χ1v) is 5.73. The summed E-state index contributed by atoms with van der Waals surface area (Å²) in [5.41, 5.74) is 4.20. The van der Waals surface area contributed by atoms with E-state index in [4.69, 9.17) is 4.74 Å². The number of rotatable bonds is 4. The molecule has 0 bridgehead atoms. The number of carbonyl (C=O) groups excluding carboxylic acids is 1. The summed E-state index contributed by atoms with van der Waals surface area (Å²) >= 11 is 0. The summed E-state index contributed by atoms with van der Waals surface area (Å²) in [5.74, 6) is -0.317. The molecule has 0 aliphatic rings. The molecule has 1 aromatic rings. The van der Waals surface area contributed by atoms with Gasteiger partial charge in [0.15, 0.2) is 0 Å². The second-order valence-corrected chi connectivity index (χ2v) is 3.95. The van der Waals surface area contributed by atoms with Gasteiger partial charge in [0.2, 0.25) is 0 Å². The number of allylic oxidation sites excluding steroid dienone is 1. The molecule has 3 heteroatoms. The van der Waals surface area contributed by atoms with Crippen molar-refractivity contribution in [1.29, 1.82) is 0 Å². The molecule has 0 unspecified atom stereocenters. The SMILES string of the molecule is CCOC(=O)/C=C(/C)Nc1cccc(C)c1C. The van der Waals surface area contributed by atoms with Crippen LogP contribution in [-0.4, -0.2) is 12.6 Å². The highest BCUT2D eigenvalue weighted by molar-refractivity contribution is 5.83. The molecule has 17 heavy (non-hydrogen) atoms. The van der Waals surface area contributed by atoms with Crippen molar-refractivity contribution < 1.29 is 9.53 Å². The minimum Gasteiger partial charge on any atom is -0.463 e. The molecule has 1 rings (SSSR count). The molecule has 0 aliphatic carbocycles. The molecule has 0 saturated heterocycles. The average Bonchev–Trinajstić information content (AvgIpc) is 2.25. The summed E-state index contributed by atoms with van der Waals surface area (Å²) in [5, 5.41) is 3.20. The van der Waals surface area contributed by atoms with Gasteiger partial charge in [-0.3, -0.25) is 0 Å². The number of aryl methyl sites for hydroxylation is 1. The van der Waals surface area contributed by atoms with Gasteiger partial charge in [-0.2, -0.15) is 0 Å². The number of esters is 1. The van der Waals surface area contributed by atoms with Gasteiger partial charge < -0.3 is 10.1 Å². The van der Waals surface area contributed by atoms with Crippen LogP contribution in [0.3, 0.4) is 0 Å². The van der Waals surface area contributed by atoms with Crippen LogP contribution in [0.5, 0.6) is 0 Å². The van der Waals surface area contributed by atoms with Gasteiger partial charge in [-0.15, -0.1) is 0 Å². The van der Waals surface area contributed by atoms with Crippen molar-refractivity contribution in [2.75, 3.05) is 11.9 Å². The second kappa shape index (κ2) is 6.09. The quantitative estimate of drug-likeness (QED) is 0.641. The van der Waals surface area contributed by atoms with Gasteiger partial charge in [0, 0.05) is 17.5 Å². The Balaban J connectivity index is 2.77. The first kappa shape index (κ1) is 13.3. The minimum absolute atomic E-state index is 0.317. The van der Waals surface area contributed by atoms with E-state index in [2.05, 4.69) is 25.2 Å². The molecule has 0 amide bonds. The van der Waals surface area contributed by atoms with E-state index in [1.807, 2.05) is 19.1 Å². The molecule has 0 radical (unpaired) electrons. The fourth-order valence-electron chi connectivity index (χ4n) is 1.50. The summed E-state index contributed by atoms with van der Waals surface area (Å²) in [6.07, 6.45) is 1.46. The van der Waals surface area contributed by atoms with Gasteiger partial charge in [-0.1, -0.05) is 12.1 Å². The molecule has 0 aromatic heterocycles. The summed E-state index contributed by atoms with van der Waals surface area (Å²) in [7, 11) is 0. The molecule has 0 aliphatic heterocycles. The lowest BCUT2D eigenvalue weighted by Crippen LogP contribution is -2.05. The zero-order valence-electron chi connectivity index (χ0n) is 10.8. The van der Waals surface area contributed by atoms with Crippen molar-refractivity contribution in [3.8, 4) is 0 Å². The topological polar surface area (TPSA) is 38.3 Å². The Morgan fingerprint density at radius 3 is 2.76 bits per heavy atom. The Kier molecular flexibility index (Phi) is 4.76. The van der Waals surface area contributed by atoms with E-state index in [9.17, 15) is 4.79 Å². The van der Waals surface area contributed by atoms with Crippen molar-refractivity contribution in [3.63, 3.8) is 0 Å². The molecule has 92 valence electrons. The van der Waals surface area contributed by atoms with Gasteiger partial charge in [-0.25, -0.2) is 4.79 Å². The highest BCUT2D eigenvalue weighted by atomic mass is 16.5. The largest absolute Gasteiger partial charge is 0.463 e. The van der Waals surface area contributed by atoms with E-state index in [0.29, 0.717) is 6.61 Å². The third kappa shape index (κ3) is 3.94.